The van der Waals surface area contributed by atoms with E-state index in [1.807, 2.05) is 31.3 Å². The van der Waals surface area contributed by atoms with Crippen LogP contribution in [0.25, 0.3) is 0 Å². The molecule has 2 rings (SSSR count). The number of rotatable bonds is 4. The Bertz CT molecular complexity index is 548. The third-order valence-corrected chi connectivity index (χ3v) is 3.05. The lowest BCUT2D eigenvalue weighted by atomic mass is 10.2. The second-order valence-corrected chi connectivity index (χ2v) is 5.02. The van der Waals surface area contributed by atoms with Crippen molar-refractivity contribution in [3.63, 3.8) is 0 Å². The highest BCUT2D eigenvalue weighted by Gasteiger charge is 2.09. The van der Waals surface area contributed by atoms with E-state index >= 15 is 0 Å². The van der Waals surface area contributed by atoms with E-state index in [1.54, 1.807) is 12.4 Å². The Balaban J connectivity index is 2.33. The van der Waals surface area contributed by atoms with Crippen molar-refractivity contribution in [3.8, 4) is 11.5 Å². The van der Waals surface area contributed by atoms with Crippen LogP contribution >= 0.6 is 27.5 Å². The van der Waals surface area contributed by atoms with Crippen LogP contribution < -0.4 is 10.1 Å². The summed E-state index contributed by atoms with van der Waals surface area (Å²) in [5.74, 6) is 1.31. The SMILES string of the molecule is CNCc1cccc(Cl)c1Oc1cncc(Br)c1. The number of nitrogens with one attached hydrogen (secondary N) is 1. The van der Waals surface area contributed by atoms with Crippen LogP contribution in [0.3, 0.4) is 0 Å². The second kappa shape index (κ2) is 6.18. The quantitative estimate of drug-likeness (QED) is 0.921. The van der Waals surface area contributed by atoms with E-state index in [0.717, 1.165) is 10.0 Å². The summed E-state index contributed by atoms with van der Waals surface area (Å²) in [4.78, 5) is 4.06. The number of halogens is 2. The molecule has 0 spiro atoms. The van der Waals surface area contributed by atoms with Gasteiger partial charge in [-0.25, -0.2) is 0 Å². The molecule has 1 aromatic carbocycles. The van der Waals surface area contributed by atoms with Gasteiger partial charge in [-0.3, -0.25) is 4.98 Å². The van der Waals surface area contributed by atoms with Crippen LogP contribution in [-0.4, -0.2) is 12.0 Å². The van der Waals surface area contributed by atoms with Gasteiger partial charge in [0.15, 0.2) is 5.75 Å². The Morgan fingerprint density at radius 1 is 1.39 bits per heavy atom. The van der Waals surface area contributed by atoms with Crippen LogP contribution in [0.15, 0.2) is 41.1 Å². The molecule has 0 radical (unpaired) electrons. The van der Waals surface area contributed by atoms with Crippen LogP contribution in [0.5, 0.6) is 11.5 Å². The van der Waals surface area contributed by atoms with Crippen molar-refractivity contribution < 1.29 is 4.74 Å². The Hall–Kier alpha value is -1.10. The van der Waals surface area contributed by atoms with Gasteiger partial charge in [-0.15, -0.1) is 0 Å². The molecule has 18 heavy (non-hydrogen) atoms. The summed E-state index contributed by atoms with van der Waals surface area (Å²) in [6, 6.07) is 7.53. The van der Waals surface area contributed by atoms with Gasteiger partial charge < -0.3 is 10.1 Å². The zero-order valence-electron chi connectivity index (χ0n) is 9.78. The Morgan fingerprint density at radius 2 is 2.22 bits per heavy atom. The molecule has 1 heterocycles. The first-order valence-electron chi connectivity index (χ1n) is 5.41. The van der Waals surface area contributed by atoms with Crippen LogP contribution in [0.4, 0.5) is 0 Å². The smallest absolute Gasteiger partial charge is 0.150 e. The van der Waals surface area contributed by atoms with Gasteiger partial charge in [-0.1, -0.05) is 23.7 Å². The third kappa shape index (κ3) is 3.22. The van der Waals surface area contributed by atoms with Gasteiger partial charge in [0.1, 0.15) is 5.75 Å². The molecule has 0 aliphatic rings. The highest BCUT2D eigenvalue weighted by atomic mass is 79.9. The molecule has 1 N–H and O–H groups in total. The predicted molar refractivity (Wildman–Crippen MR) is 76.2 cm³/mol. The number of para-hydroxylation sites is 1. The van der Waals surface area contributed by atoms with Crippen LogP contribution in [0.2, 0.25) is 5.02 Å². The number of ether oxygens (including phenoxy) is 1. The molecule has 1 aromatic heterocycles. The maximum atomic E-state index is 6.17. The molecule has 0 bridgehead atoms. The third-order valence-electron chi connectivity index (χ3n) is 2.32. The number of nitrogens with zero attached hydrogens (tertiary/aromatic N) is 1. The molecule has 94 valence electrons. The van der Waals surface area contributed by atoms with Crippen LogP contribution in [0.1, 0.15) is 5.56 Å². The van der Waals surface area contributed by atoms with E-state index in [2.05, 4.69) is 26.2 Å². The molecule has 0 saturated heterocycles. The number of hydrogen-bond donors (Lipinski definition) is 1. The Kier molecular flexibility index (Phi) is 4.58. The summed E-state index contributed by atoms with van der Waals surface area (Å²) in [7, 11) is 1.88. The Morgan fingerprint density at radius 3 is 2.94 bits per heavy atom. The van der Waals surface area contributed by atoms with Crippen molar-refractivity contribution >= 4 is 27.5 Å². The molecule has 0 amide bonds. The number of aromatic nitrogens is 1. The zero-order valence-corrected chi connectivity index (χ0v) is 12.1. The highest BCUT2D eigenvalue weighted by Crippen LogP contribution is 2.33. The molecule has 2 aromatic rings. The summed E-state index contributed by atoms with van der Waals surface area (Å²) in [5.41, 5.74) is 1.00. The van der Waals surface area contributed by atoms with Crippen molar-refractivity contribution in [2.75, 3.05) is 7.05 Å². The molecule has 5 heteroatoms. The van der Waals surface area contributed by atoms with Crippen molar-refractivity contribution in [2.45, 2.75) is 6.54 Å². The first-order chi connectivity index (χ1) is 8.70. The minimum absolute atomic E-state index is 0.586. The van der Waals surface area contributed by atoms with E-state index < -0.39 is 0 Å². The van der Waals surface area contributed by atoms with Crippen LogP contribution in [0, 0.1) is 0 Å². The van der Waals surface area contributed by atoms with Gasteiger partial charge in [0.05, 0.1) is 11.2 Å². The summed E-state index contributed by atoms with van der Waals surface area (Å²) >= 11 is 9.53. The van der Waals surface area contributed by atoms with Gasteiger partial charge in [0, 0.05) is 22.8 Å². The fraction of sp³-hybridized carbons (Fsp3) is 0.154. The summed E-state index contributed by atoms with van der Waals surface area (Å²) in [5, 5.41) is 3.67. The van der Waals surface area contributed by atoms with Gasteiger partial charge in [-0.2, -0.15) is 0 Å². The molecule has 0 unspecified atom stereocenters. The lowest BCUT2D eigenvalue weighted by molar-refractivity contribution is 0.472. The summed E-state index contributed by atoms with van der Waals surface area (Å²) < 4.78 is 6.67. The van der Waals surface area contributed by atoms with E-state index in [4.69, 9.17) is 16.3 Å². The molecular formula is C13H12BrClN2O. The molecule has 3 nitrogen and oxygen atoms in total. The fourth-order valence-electron chi connectivity index (χ4n) is 1.56. The highest BCUT2D eigenvalue weighted by molar-refractivity contribution is 9.10. The lowest BCUT2D eigenvalue weighted by Gasteiger charge is -2.12. The van der Waals surface area contributed by atoms with Gasteiger partial charge in [-0.05, 0) is 35.1 Å². The average molecular weight is 328 g/mol. The van der Waals surface area contributed by atoms with Gasteiger partial charge in [0.2, 0.25) is 0 Å². The fourth-order valence-corrected chi connectivity index (χ4v) is 2.14. The molecule has 0 aliphatic carbocycles. The minimum Gasteiger partial charge on any atom is -0.454 e. The Labute approximate surface area is 119 Å². The van der Waals surface area contributed by atoms with E-state index in [9.17, 15) is 0 Å². The largest absolute Gasteiger partial charge is 0.454 e. The number of pyridine rings is 1. The monoisotopic (exact) mass is 326 g/mol. The standard InChI is InChI=1S/C13H12BrClN2O/c1-16-6-9-3-2-4-12(15)13(9)18-11-5-10(14)7-17-8-11/h2-5,7-8,16H,6H2,1H3. The van der Waals surface area contributed by atoms with Crippen molar-refractivity contribution in [1.82, 2.24) is 10.3 Å². The maximum absolute atomic E-state index is 6.17. The number of benzene rings is 1. The summed E-state index contributed by atoms with van der Waals surface area (Å²) in [6.07, 6.45) is 3.35. The minimum atomic E-state index is 0.586. The molecule has 0 aliphatic heterocycles. The van der Waals surface area contributed by atoms with Crippen molar-refractivity contribution in [1.29, 1.82) is 0 Å². The normalized spacial score (nSPS) is 10.4. The lowest BCUT2D eigenvalue weighted by Crippen LogP contribution is -2.06. The molecule has 0 saturated carbocycles. The maximum Gasteiger partial charge on any atom is 0.150 e. The van der Waals surface area contributed by atoms with Crippen molar-refractivity contribution in [2.24, 2.45) is 0 Å². The number of hydrogen-bond acceptors (Lipinski definition) is 3. The van der Waals surface area contributed by atoms with Gasteiger partial charge >= 0.3 is 0 Å². The summed E-state index contributed by atoms with van der Waals surface area (Å²) in [6.45, 7) is 0.692. The first-order valence-corrected chi connectivity index (χ1v) is 6.58. The van der Waals surface area contributed by atoms with Crippen LogP contribution in [-0.2, 0) is 6.54 Å². The van der Waals surface area contributed by atoms with E-state index in [1.165, 1.54) is 0 Å². The van der Waals surface area contributed by atoms with Crippen molar-refractivity contribution in [3.05, 3.63) is 51.7 Å². The molecule has 0 fully saturated rings. The second-order valence-electron chi connectivity index (χ2n) is 3.70. The zero-order chi connectivity index (χ0) is 13.0. The average Bonchev–Trinajstić information content (AvgIpc) is 2.34. The van der Waals surface area contributed by atoms with Gasteiger partial charge in [0.25, 0.3) is 0 Å². The topological polar surface area (TPSA) is 34.1 Å². The van der Waals surface area contributed by atoms with E-state index in [-0.39, 0.29) is 0 Å². The molecular weight excluding hydrogens is 316 g/mol. The predicted octanol–water partition coefficient (Wildman–Crippen LogP) is 4.01. The first kappa shape index (κ1) is 13.3. The molecule has 0 atom stereocenters. The van der Waals surface area contributed by atoms with E-state index in [0.29, 0.717) is 23.1 Å².